The number of aryl methyl sites for hydroxylation is 2. The van der Waals surface area contributed by atoms with Crippen LogP contribution in [0, 0.1) is 25.2 Å². The number of benzene rings is 2. The summed E-state index contributed by atoms with van der Waals surface area (Å²) in [6.45, 7) is 5.90. The zero-order valence-corrected chi connectivity index (χ0v) is 19.3. The van der Waals surface area contributed by atoms with Crippen LogP contribution in [0.15, 0.2) is 59.4 Å². The molecule has 8 nitrogen and oxygen atoms in total. The van der Waals surface area contributed by atoms with E-state index in [4.69, 9.17) is 4.74 Å². The smallest absolute Gasteiger partial charge is 0.269 e. The van der Waals surface area contributed by atoms with Gasteiger partial charge in [0.1, 0.15) is 23.9 Å². The Bertz CT molecular complexity index is 1300. The van der Waals surface area contributed by atoms with Gasteiger partial charge in [0.25, 0.3) is 11.5 Å². The number of hydrogen-bond acceptors (Lipinski definition) is 5. The third-order valence-corrected chi connectivity index (χ3v) is 5.25. The largest absolute Gasteiger partial charge is 0.494 e. The highest BCUT2D eigenvalue weighted by atomic mass is 16.5. The van der Waals surface area contributed by atoms with E-state index in [2.05, 4.69) is 10.6 Å². The minimum Gasteiger partial charge on any atom is -0.494 e. The summed E-state index contributed by atoms with van der Waals surface area (Å²) >= 11 is 0. The molecule has 174 valence electrons. The molecule has 0 aliphatic heterocycles. The first-order chi connectivity index (χ1) is 16.3. The summed E-state index contributed by atoms with van der Waals surface area (Å²) < 4.78 is 6.67. The topological polar surface area (TPSA) is 113 Å². The fraction of sp³-hybridized carbons (Fsp3) is 0.231. The van der Waals surface area contributed by atoms with E-state index in [1.54, 1.807) is 44.2 Å². The predicted octanol–water partition coefficient (Wildman–Crippen LogP) is 3.30. The maximum absolute atomic E-state index is 12.8. The summed E-state index contributed by atoms with van der Waals surface area (Å²) in [5.74, 6) is -0.0691. The summed E-state index contributed by atoms with van der Waals surface area (Å²) in [4.78, 5) is 38.1. The van der Waals surface area contributed by atoms with Gasteiger partial charge in [0.15, 0.2) is 0 Å². The zero-order valence-electron chi connectivity index (χ0n) is 19.3. The van der Waals surface area contributed by atoms with Gasteiger partial charge in [-0.15, -0.1) is 0 Å². The van der Waals surface area contributed by atoms with Crippen molar-refractivity contribution < 1.29 is 14.3 Å². The van der Waals surface area contributed by atoms with Crippen molar-refractivity contribution in [2.24, 2.45) is 0 Å². The molecule has 0 saturated carbocycles. The molecule has 0 spiro atoms. The minimum absolute atomic E-state index is 0.00691. The molecular weight excluding hydrogens is 432 g/mol. The Labute approximate surface area is 197 Å². The van der Waals surface area contributed by atoms with Gasteiger partial charge in [-0.2, -0.15) is 5.26 Å². The van der Waals surface area contributed by atoms with E-state index in [1.807, 2.05) is 37.3 Å². The number of nitriles is 1. The van der Waals surface area contributed by atoms with Crippen molar-refractivity contribution in [1.29, 1.82) is 5.26 Å². The molecule has 2 N–H and O–H groups in total. The van der Waals surface area contributed by atoms with Crippen LogP contribution in [-0.4, -0.2) is 23.0 Å². The van der Waals surface area contributed by atoms with Crippen LogP contribution in [0.4, 0.5) is 5.69 Å². The highest BCUT2D eigenvalue weighted by Crippen LogP contribution is 2.16. The van der Waals surface area contributed by atoms with Gasteiger partial charge in [0, 0.05) is 12.2 Å². The summed E-state index contributed by atoms with van der Waals surface area (Å²) in [6.07, 6.45) is 0. The summed E-state index contributed by atoms with van der Waals surface area (Å²) in [6, 6.07) is 17.6. The van der Waals surface area contributed by atoms with E-state index in [0.29, 0.717) is 35.7 Å². The van der Waals surface area contributed by atoms with Gasteiger partial charge < -0.3 is 19.9 Å². The molecule has 2 aromatic carbocycles. The van der Waals surface area contributed by atoms with E-state index in [-0.39, 0.29) is 18.0 Å². The minimum atomic E-state index is -0.517. The van der Waals surface area contributed by atoms with Crippen molar-refractivity contribution in [2.75, 3.05) is 11.9 Å². The number of nitrogens with one attached hydrogen (secondary N) is 2. The fourth-order valence-electron chi connectivity index (χ4n) is 3.53. The number of anilines is 1. The predicted molar refractivity (Wildman–Crippen MR) is 129 cm³/mol. The van der Waals surface area contributed by atoms with Gasteiger partial charge >= 0.3 is 0 Å². The number of hydrogen-bond donors (Lipinski definition) is 2. The Morgan fingerprint density at radius 2 is 1.79 bits per heavy atom. The second kappa shape index (κ2) is 11.0. The first-order valence-electron chi connectivity index (χ1n) is 10.8. The molecule has 3 rings (SSSR count). The number of carbonyl (C=O) groups is 2. The molecule has 1 heterocycles. The number of pyridine rings is 1. The maximum atomic E-state index is 12.8. The number of nitrogens with zero attached hydrogens (tertiary/aromatic N) is 2. The molecule has 0 unspecified atom stereocenters. The van der Waals surface area contributed by atoms with Crippen molar-refractivity contribution in [1.82, 2.24) is 9.88 Å². The number of aromatic nitrogens is 1. The molecule has 3 aromatic rings. The Morgan fingerprint density at radius 3 is 2.47 bits per heavy atom. The van der Waals surface area contributed by atoms with Gasteiger partial charge in [0.05, 0.1) is 17.9 Å². The molecule has 8 heteroatoms. The summed E-state index contributed by atoms with van der Waals surface area (Å²) in [5.41, 5.74) is 2.15. The maximum Gasteiger partial charge on any atom is 0.269 e. The fourth-order valence-corrected chi connectivity index (χ4v) is 3.53. The number of carbonyl (C=O) groups excluding carboxylic acids is 2. The van der Waals surface area contributed by atoms with Crippen LogP contribution < -0.4 is 20.9 Å². The molecule has 34 heavy (non-hydrogen) atoms. The van der Waals surface area contributed by atoms with E-state index in [0.717, 1.165) is 11.3 Å². The zero-order chi connectivity index (χ0) is 24.7. The van der Waals surface area contributed by atoms with Crippen LogP contribution in [-0.2, 0) is 17.9 Å². The van der Waals surface area contributed by atoms with E-state index in [1.165, 1.54) is 4.57 Å². The first-order valence-corrected chi connectivity index (χ1v) is 10.8. The van der Waals surface area contributed by atoms with Crippen molar-refractivity contribution in [3.05, 3.63) is 92.9 Å². The standard InChI is InChI=1S/C26H26N4O4/c1-4-34-20-11-9-19(10-12-20)15-28-25(32)21-7-5-6-8-23(21)29-24(31)16-30-18(3)13-17(2)22(14-27)26(30)33/h5-13H,4,15-16H2,1-3H3,(H,28,32)(H,29,31). The Kier molecular flexibility index (Phi) is 7.83. The second-order valence-electron chi connectivity index (χ2n) is 7.70. The normalized spacial score (nSPS) is 10.3. The van der Waals surface area contributed by atoms with Crippen molar-refractivity contribution >= 4 is 17.5 Å². The van der Waals surface area contributed by atoms with Gasteiger partial charge in [0.2, 0.25) is 5.91 Å². The van der Waals surface area contributed by atoms with Crippen LogP contribution in [0.25, 0.3) is 0 Å². The van der Waals surface area contributed by atoms with Crippen LogP contribution >= 0.6 is 0 Å². The van der Waals surface area contributed by atoms with E-state index >= 15 is 0 Å². The van der Waals surface area contributed by atoms with E-state index < -0.39 is 11.5 Å². The third-order valence-electron chi connectivity index (χ3n) is 5.25. The van der Waals surface area contributed by atoms with E-state index in [9.17, 15) is 19.6 Å². The first kappa shape index (κ1) is 24.3. The molecule has 0 radical (unpaired) electrons. The molecule has 0 bridgehead atoms. The monoisotopic (exact) mass is 458 g/mol. The van der Waals surface area contributed by atoms with Gasteiger partial charge in [-0.25, -0.2) is 0 Å². The molecule has 0 saturated heterocycles. The second-order valence-corrected chi connectivity index (χ2v) is 7.70. The molecule has 0 atom stereocenters. The Balaban J connectivity index is 1.70. The Hall–Kier alpha value is -4.38. The third kappa shape index (κ3) is 5.70. The molecule has 1 aromatic heterocycles. The SMILES string of the molecule is CCOc1ccc(CNC(=O)c2ccccc2NC(=O)Cn2c(C)cc(C)c(C#N)c2=O)cc1. The van der Waals surface area contributed by atoms with Crippen LogP contribution in [0.3, 0.4) is 0 Å². The number of ether oxygens (including phenoxy) is 1. The molecule has 0 fully saturated rings. The lowest BCUT2D eigenvalue weighted by Gasteiger charge is -2.14. The van der Waals surface area contributed by atoms with Gasteiger partial charge in [-0.1, -0.05) is 24.3 Å². The number of para-hydroxylation sites is 1. The van der Waals surface area contributed by atoms with Gasteiger partial charge in [-0.05, 0) is 62.2 Å². The molecule has 0 aliphatic rings. The van der Waals surface area contributed by atoms with Crippen molar-refractivity contribution in [3.63, 3.8) is 0 Å². The highest BCUT2D eigenvalue weighted by Gasteiger charge is 2.16. The summed E-state index contributed by atoms with van der Waals surface area (Å²) in [7, 11) is 0. The number of rotatable bonds is 8. The lowest BCUT2D eigenvalue weighted by molar-refractivity contribution is -0.116. The van der Waals surface area contributed by atoms with Crippen molar-refractivity contribution in [3.8, 4) is 11.8 Å². The molecule has 2 amide bonds. The lowest BCUT2D eigenvalue weighted by atomic mass is 10.1. The summed E-state index contributed by atoms with van der Waals surface area (Å²) in [5, 5.41) is 14.8. The average molecular weight is 459 g/mol. The van der Waals surface area contributed by atoms with Crippen LogP contribution in [0.2, 0.25) is 0 Å². The lowest BCUT2D eigenvalue weighted by Crippen LogP contribution is -2.32. The van der Waals surface area contributed by atoms with Crippen LogP contribution in [0.5, 0.6) is 5.75 Å². The highest BCUT2D eigenvalue weighted by molar-refractivity contribution is 6.03. The van der Waals surface area contributed by atoms with Crippen molar-refractivity contribution in [2.45, 2.75) is 33.9 Å². The van der Waals surface area contributed by atoms with Gasteiger partial charge in [-0.3, -0.25) is 14.4 Å². The quantitative estimate of drug-likeness (QED) is 0.538. The van der Waals surface area contributed by atoms with Crippen LogP contribution in [0.1, 0.15) is 39.7 Å². The molecule has 0 aliphatic carbocycles. The molecular formula is C26H26N4O4. The Morgan fingerprint density at radius 1 is 1.09 bits per heavy atom. The average Bonchev–Trinajstić information content (AvgIpc) is 2.82. The number of amides is 2.